The normalized spacial score (nSPS) is 19.2. The molecular weight excluding hydrogens is 224 g/mol. The van der Waals surface area contributed by atoms with Crippen molar-refractivity contribution in [3.05, 3.63) is 17.8 Å². The van der Waals surface area contributed by atoms with Crippen LogP contribution in [0.25, 0.3) is 0 Å². The van der Waals surface area contributed by atoms with E-state index in [0.717, 1.165) is 0 Å². The summed E-state index contributed by atoms with van der Waals surface area (Å²) in [6, 6.07) is 3.29. The summed E-state index contributed by atoms with van der Waals surface area (Å²) in [5.41, 5.74) is 0.381. The van der Waals surface area contributed by atoms with Gasteiger partial charge < -0.3 is 14.9 Å². The fourth-order valence-electron chi connectivity index (χ4n) is 1.86. The molecule has 17 heavy (non-hydrogen) atoms. The highest BCUT2D eigenvalue weighted by molar-refractivity contribution is 6.58. The highest BCUT2D eigenvalue weighted by atomic mass is 19.1. The lowest BCUT2D eigenvalue weighted by molar-refractivity contribution is 0.364. The summed E-state index contributed by atoms with van der Waals surface area (Å²) in [5, 5.41) is 26.9. The number of hydrogen-bond acceptors (Lipinski definition) is 5. The van der Waals surface area contributed by atoms with Gasteiger partial charge in [0.25, 0.3) is 0 Å². The minimum absolute atomic E-state index is 0.154. The van der Waals surface area contributed by atoms with Crippen molar-refractivity contribution < 1.29 is 14.4 Å². The first kappa shape index (κ1) is 11.8. The van der Waals surface area contributed by atoms with Crippen LogP contribution >= 0.6 is 0 Å². The molecule has 1 saturated heterocycles. The lowest BCUT2D eigenvalue weighted by atomic mass is 9.81. The van der Waals surface area contributed by atoms with Crippen LogP contribution in [0, 0.1) is 11.3 Å². The smallest absolute Gasteiger partial charge is 0.423 e. The largest absolute Gasteiger partial charge is 0.490 e. The maximum Gasteiger partial charge on any atom is 0.490 e. The van der Waals surface area contributed by atoms with Crippen LogP contribution in [0.5, 0.6) is 0 Å². The van der Waals surface area contributed by atoms with Gasteiger partial charge in [0.05, 0.1) is 12.1 Å². The number of halogens is 1. The summed E-state index contributed by atoms with van der Waals surface area (Å²) in [4.78, 5) is 5.70. The van der Waals surface area contributed by atoms with E-state index in [-0.39, 0.29) is 17.6 Å². The molecule has 1 aliphatic rings. The quantitative estimate of drug-likeness (QED) is 0.654. The van der Waals surface area contributed by atoms with Crippen LogP contribution < -0.4 is 10.4 Å². The number of hydrogen-bond donors (Lipinski definition) is 2. The molecule has 0 unspecified atom stereocenters. The predicted molar refractivity (Wildman–Crippen MR) is 60.5 cm³/mol. The van der Waals surface area contributed by atoms with E-state index in [9.17, 15) is 4.39 Å². The summed E-state index contributed by atoms with van der Waals surface area (Å²) in [5.74, 6) is 0.400. The number of nitriles is 1. The Hall–Kier alpha value is -1.65. The molecule has 7 heteroatoms. The van der Waals surface area contributed by atoms with Gasteiger partial charge in [0.15, 0.2) is 0 Å². The summed E-state index contributed by atoms with van der Waals surface area (Å²) in [6.45, 7) is 0.743. The summed E-state index contributed by atoms with van der Waals surface area (Å²) in [7, 11) is -1.66. The molecule has 0 saturated carbocycles. The van der Waals surface area contributed by atoms with Gasteiger partial charge in [-0.3, -0.25) is 0 Å². The molecule has 1 fully saturated rings. The third-order valence-electron chi connectivity index (χ3n) is 2.74. The molecule has 2 N–H and O–H groups in total. The Bertz CT molecular complexity index is 463. The van der Waals surface area contributed by atoms with E-state index in [1.807, 2.05) is 6.07 Å². The van der Waals surface area contributed by atoms with Crippen molar-refractivity contribution in [2.75, 3.05) is 18.0 Å². The molecule has 1 aliphatic heterocycles. The van der Waals surface area contributed by atoms with Crippen molar-refractivity contribution in [3.8, 4) is 6.07 Å². The van der Waals surface area contributed by atoms with Crippen LogP contribution in [0.3, 0.4) is 0 Å². The monoisotopic (exact) mass is 235 g/mol. The second kappa shape index (κ2) is 4.69. The van der Waals surface area contributed by atoms with Gasteiger partial charge in [-0.2, -0.15) is 5.26 Å². The highest BCUT2D eigenvalue weighted by Crippen LogP contribution is 2.22. The molecule has 0 aromatic carbocycles. The van der Waals surface area contributed by atoms with Crippen molar-refractivity contribution in [3.63, 3.8) is 0 Å². The van der Waals surface area contributed by atoms with Crippen LogP contribution in [0.15, 0.2) is 12.3 Å². The van der Waals surface area contributed by atoms with E-state index >= 15 is 0 Å². The zero-order valence-electron chi connectivity index (χ0n) is 9.04. The average Bonchev–Trinajstić information content (AvgIpc) is 2.74. The van der Waals surface area contributed by atoms with E-state index in [1.54, 1.807) is 4.90 Å². The maximum atomic E-state index is 13.1. The molecular formula is C10H11BFN3O2. The second-order valence-corrected chi connectivity index (χ2v) is 3.96. The number of rotatable bonds is 2. The number of anilines is 1. The van der Waals surface area contributed by atoms with Crippen LogP contribution in [0.4, 0.5) is 10.2 Å². The lowest BCUT2D eigenvalue weighted by Gasteiger charge is -2.17. The summed E-state index contributed by atoms with van der Waals surface area (Å²) in [6.07, 6.45) is 0.815. The molecule has 0 spiro atoms. The van der Waals surface area contributed by atoms with E-state index in [4.69, 9.17) is 15.3 Å². The first-order chi connectivity index (χ1) is 8.11. The van der Waals surface area contributed by atoms with E-state index in [2.05, 4.69) is 4.98 Å². The third kappa shape index (κ3) is 2.38. The lowest BCUT2D eigenvalue weighted by Crippen LogP contribution is -2.32. The number of nitrogens with zero attached hydrogens (tertiary/aromatic N) is 3. The van der Waals surface area contributed by atoms with Crippen LogP contribution in [-0.2, 0) is 0 Å². The molecule has 88 valence electrons. The van der Waals surface area contributed by atoms with Gasteiger partial charge in [-0.25, -0.2) is 9.37 Å². The Morgan fingerprint density at radius 2 is 2.35 bits per heavy atom. The van der Waals surface area contributed by atoms with E-state index in [0.29, 0.717) is 18.8 Å². The minimum Gasteiger partial charge on any atom is -0.423 e. The van der Waals surface area contributed by atoms with Crippen molar-refractivity contribution >= 4 is 18.4 Å². The van der Waals surface area contributed by atoms with Gasteiger partial charge in [-0.05, 0) is 12.5 Å². The Labute approximate surface area is 98.3 Å². The number of alkyl halides is 1. The van der Waals surface area contributed by atoms with Gasteiger partial charge in [-0.1, -0.05) is 0 Å². The Morgan fingerprint density at radius 1 is 1.59 bits per heavy atom. The van der Waals surface area contributed by atoms with Gasteiger partial charge >= 0.3 is 7.12 Å². The average molecular weight is 235 g/mol. The van der Waals surface area contributed by atoms with Gasteiger partial charge in [0.1, 0.15) is 18.1 Å². The number of aromatic nitrogens is 1. The molecule has 1 aromatic rings. The van der Waals surface area contributed by atoms with E-state index < -0.39 is 13.3 Å². The van der Waals surface area contributed by atoms with Gasteiger partial charge in [0, 0.05) is 18.2 Å². The molecule has 1 aromatic heterocycles. The molecule has 0 bridgehead atoms. The minimum atomic E-state index is -1.66. The van der Waals surface area contributed by atoms with Crippen molar-refractivity contribution in [1.82, 2.24) is 4.98 Å². The fraction of sp³-hybridized carbons (Fsp3) is 0.400. The Kier molecular flexibility index (Phi) is 3.27. The SMILES string of the molecule is N#Cc1cc(B(O)O)cnc1N1CC[C@H](F)C1. The van der Waals surface area contributed by atoms with Gasteiger partial charge in [0.2, 0.25) is 0 Å². The van der Waals surface area contributed by atoms with Crippen molar-refractivity contribution in [1.29, 1.82) is 5.26 Å². The van der Waals surface area contributed by atoms with Crippen LogP contribution in [0.2, 0.25) is 0 Å². The molecule has 2 rings (SSSR count). The molecule has 0 amide bonds. The Balaban J connectivity index is 2.32. The predicted octanol–water partition coefficient (Wildman–Crippen LogP) is -0.819. The topological polar surface area (TPSA) is 80.4 Å². The standard InChI is InChI=1S/C10H11BFN3O2/c12-9-1-2-15(6-9)10-7(4-13)3-8(5-14-10)11(16)17/h3,5,9,16-17H,1-2,6H2/t9-/m0/s1. The second-order valence-electron chi connectivity index (χ2n) is 3.96. The first-order valence-corrected chi connectivity index (χ1v) is 5.27. The van der Waals surface area contributed by atoms with Crippen LogP contribution in [-0.4, -0.2) is 41.4 Å². The maximum absolute atomic E-state index is 13.1. The molecule has 5 nitrogen and oxygen atoms in total. The molecule has 0 aliphatic carbocycles. The van der Waals surface area contributed by atoms with Crippen molar-refractivity contribution in [2.24, 2.45) is 0 Å². The first-order valence-electron chi connectivity index (χ1n) is 5.27. The molecule has 0 radical (unpaired) electrons. The zero-order valence-corrected chi connectivity index (χ0v) is 9.04. The van der Waals surface area contributed by atoms with Crippen molar-refractivity contribution in [2.45, 2.75) is 12.6 Å². The zero-order chi connectivity index (χ0) is 12.4. The fourth-order valence-corrected chi connectivity index (χ4v) is 1.86. The van der Waals surface area contributed by atoms with Crippen LogP contribution in [0.1, 0.15) is 12.0 Å². The highest BCUT2D eigenvalue weighted by Gasteiger charge is 2.25. The molecule has 1 atom stereocenters. The molecule has 2 heterocycles. The number of pyridine rings is 1. The third-order valence-corrected chi connectivity index (χ3v) is 2.74. The van der Waals surface area contributed by atoms with Gasteiger partial charge in [-0.15, -0.1) is 0 Å². The summed E-state index contributed by atoms with van der Waals surface area (Å²) >= 11 is 0. The Morgan fingerprint density at radius 3 is 2.88 bits per heavy atom. The van der Waals surface area contributed by atoms with E-state index in [1.165, 1.54) is 12.3 Å². The summed E-state index contributed by atoms with van der Waals surface area (Å²) < 4.78 is 13.1.